The van der Waals surface area contributed by atoms with Crippen molar-refractivity contribution in [2.75, 3.05) is 13.6 Å². The molecular weight excluding hydrogens is 412 g/mol. The zero-order valence-electron chi connectivity index (χ0n) is 18.9. The summed E-state index contributed by atoms with van der Waals surface area (Å²) in [4.78, 5) is 13.2. The molecule has 7 heteroatoms. The number of nitrogens with zero attached hydrogens (tertiary/aromatic N) is 4. The number of nitrogens with one attached hydrogen (secondary N) is 2. The van der Waals surface area contributed by atoms with Crippen molar-refractivity contribution in [3.8, 4) is 22.4 Å². The molecular formula is C26H26N6O. The Bertz CT molecular complexity index is 1490. The zero-order valence-corrected chi connectivity index (χ0v) is 18.9. The van der Waals surface area contributed by atoms with E-state index in [4.69, 9.17) is 0 Å². The highest BCUT2D eigenvalue weighted by atomic mass is 16.1. The summed E-state index contributed by atoms with van der Waals surface area (Å²) in [6.45, 7) is 2.73. The number of aromatic amines is 1. The van der Waals surface area contributed by atoms with Crippen molar-refractivity contribution in [3.05, 3.63) is 94.7 Å². The first-order valence-corrected chi connectivity index (χ1v) is 10.9. The van der Waals surface area contributed by atoms with Gasteiger partial charge in [-0.3, -0.25) is 14.6 Å². The minimum absolute atomic E-state index is 0.0333. The smallest absolute Gasteiger partial charge is 0.251 e. The molecule has 3 aromatic heterocycles. The average molecular weight is 439 g/mol. The predicted molar refractivity (Wildman–Crippen MR) is 131 cm³/mol. The summed E-state index contributed by atoms with van der Waals surface area (Å²) in [5.41, 5.74) is 6.85. The number of H-pyrrole nitrogens is 1. The van der Waals surface area contributed by atoms with Crippen LogP contribution in [0.3, 0.4) is 0 Å². The maximum absolute atomic E-state index is 13.2. The van der Waals surface area contributed by atoms with Crippen molar-refractivity contribution in [3.63, 3.8) is 0 Å². The van der Waals surface area contributed by atoms with Crippen molar-refractivity contribution < 1.29 is 0 Å². The lowest BCUT2D eigenvalue weighted by Gasteiger charge is -2.21. The molecule has 1 unspecified atom stereocenters. The molecule has 0 radical (unpaired) electrons. The van der Waals surface area contributed by atoms with Gasteiger partial charge in [-0.2, -0.15) is 10.2 Å². The molecule has 0 aliphatic carbocycles. The first kappa shape index (κ1) is 20.9. The Balaban J connectivity index is 1.54. The highest BCUT2D eigenvalue weighted by Crippen LogP contribution is 2.30. The third kappa shape index (κ3) is 3.99. The lowest BCUT2D eigenvalue weighted by Crippen LogP contribution is -2.31. The second kappa shape index (κ2) is 8.52. The van der Waals surface area contributed by atoms with Gasteiger partial charge in [-0.25, -0.2) is 0 Å². The Morgan fingerprint density at radius 2 is 1.91 bits per heavy atom. The van der Waals surface area contributed by atoms with E-state index in [-0.39, 0.29) is 11.6 Å². The number of aromatic nitrogens is 5. The van der Waals surface area contributed by atoms with Crippen LogP contribution in [0.15, 0.2) is 78.0 Å². The highest BCUT2D eigenvalue weighted by Gasteiger charge is 2.16. The second-order valence-electron chi connectivity index (χ2n) is 8.38. The highest BCUT2D eigenvalue weighted by molar-refractivity contribution is 5.95. The van der Waals surface area contributed by atoms with Gasteiger partial charge >= 0.3 is 0 Å². The molecule has 0 amide bonds. The van der Waals surface area contributed by atoms with Crippen molar-refractivity contribution in [2.45, 2.75) is 13.0 Å². The number of rotatable bonds is 6. The lowest BCUT2D eigenvalue weighted by atomic mass is 10.0. The van der Waals surface area contributed by atoms with Gasteiger partial charge in [0.2, 0.25) is 0 Å². The molecule has 0 spiro atoms. The number of aryl methyl sites for hydroxylation is 2. The van der Waals surface area contributed by atoms with Crippen LogP contribution >= 0.6 is 0 Å². The van der Waals surface area contributed by atoms with Crippen LogP contribution in [-0.4, -0.2) is 38.1 Å². The van der Waals surface area contributed by atoms with E-state index in [1.165, 1.54) is 5.56 Å². The third-order valence-electron chi connectivity index (χ3n) is 5.98. The number of likely N-dealkylation sites (N-methyl/N-ethyl adjacent to an activating group) is 1. The predicted octanol–water partition coefficient (Wildman–Crippen LogP) is 3.91. The van der Waals surface area contributed by atoms with Crippen molar-refractivity contribution in [2.24, 2.45) is 7.05 Å². The Hall–Kier alpha value is -3.97. The summed E-state index contributed by atoms with van der Waals surface area (Å²) in [5, 5.41) is 16.0. The summed E-state index contributed by atoms with van der Waals surface area (Å²) in [5.74, 6) is 0. The molecule has 5 rings (SSSR count). The number of fused-ring (bicyclic) bond motifs is 1. The summed E-state index contributed by atoms with van der Waals surface area (Å²) >= 11 is 0. The Kier molecular flexibility index (Phi) is 5.40. The quantitative estimate of drug-likeness (QED) is 0.421. The van der Waals surface area contributed by atoms with E-state index < -0.39 is 0 Å². The van der Waals surface area contributed by atoms with Gasteiger partial charge in [-0.15, -0.1) is 0 Å². The average Bonchev–Trinajstić information content (AvgIpc) is 3.43. The largest absolute Gasteiger partial charge is 0.317 e. The van der Waals surface area contributed by atoms with E-state index in [0.717, 1.165) is 38.9 Å². The first-order valence-electron chi connectivity index (χ1n) is 10.9. The maximum Gasteiger partial charge on any atom is 0.251 e. The first-order chi connectivity index (χ1) is 16.0. The van der Waals surface area contributed by atoms with Gasteiger partial charge in [0.25, 0.3) is 5.56 Å². The van der Waals surface area contributed by atoms with E-state index in [0.29, 0.717) is 6.54 Å². The molecule has 0 saturated heterocycles. The molecule has 1 atom stereocenters. The number of hydrogen-bond donors (Lipinski definition) is 2. The standard InChI is InChI=1S/C26H26N6O/c1-17-5-4-6-20(11-17)24(15-27-2)32-10-9-19(13-25(32)33)18-7-8-23-22(12-18)26(30-29-23)21-14-28-31(3)16-21/h4-14,16,24,27H,15H2,1-3H3,(H,29,30). The fraction of sp³-hybridized carbons (Fsp3) is 0.192. The van der Waals surface area contributed by atoms with Gasteiger partial charge < -0.3 is 9.88 Å². The molecule has 0 saturated carbocycles. The van der Waals surface area contributed by atoms with Crippen LogP contribution < -0.4 is 10.9 Å². The molecule has 0 aliphatic heterocycles. The molecule has 2 aromatic carbocycles. The molecule has 7 nitrogen and oxygen atoms in total. The third-order valence-corrected chi connectivity index (χ3v) is 5.98. The Morgan fingerprint density at radius 1 is 1.06 bits per heavy atom. The maximum atomic E-state index is 13.2. The fourth-order valence-corrected chi connectivity index (χ4v) is 4.33. The van der Waals surface area contributed by atoms with Crippen LogP contribution in [0.5, 0.6) is 0 Å². The van der Waals surface area contributed by atoms with E-state index in [1.807, 2.05) is 50.8 Å². The summed E-state index contributed by atoms with van der Waals surface area (Å²) in [6, 6.07) is 18.0. The summed E-state index contributed by atoms with van der Waals surface area (Å²) < 4.78 is 3.56. The van der Waals surface area contributed by atoms with Crippen LogP contribution in [0.1, 0.15) is 17.2 Å². The number of benzene rings is 2. The van der Waals surface area contributed by atoms with Crippen molar-refractivity contribution in [1.82, 2.24) is 29.9 Å². The minimum atomic E-state index is -0.0787. The fourth-order valence-electron chi connectivity index (χ4n) is 4.33. The molecule has 3 heterocycles. The van der Waals surface area contributed by atoms with Crippen LogP contribution in [-0.2, 0) is 7.05 Å². The lowest BCUT2D eigenvalue weighted by molar-refractivity contribution is 0.534. The number of pyridine rings is 1. The van der Waals surface area contributed by atoms with E-state index in [2.05, 4.69) is 51.8 Å². The molecule has 0 aliphatic rings. The molecule has 33 heavy (non-hydrogen) atoms. The minimum Gasteiger partial charge on any atom is -0.317 e. The molecule has 0 bridgehead atoms. The van der Waals surface area contributed by atoms with Crippen LogP contribution in [0.4, 0.5) is 0 Å². The van der Waals surface area contributed by atoms with Crippen molar-refractivity contribution >= 4 is 10.9 Å². The number of hydrogen-bond acceptors (Lipinski definition) is 4. The summed E-state index contributed by atoms with van der Waals surface area (Å²) in [6.07, 6.45) is 5.64. The van der Waals surface area contributed by atoms with Gasteiger partial charge in [0, 0.05) is 43.0 Å². The van der Waals surface area contributed by atoms with E-state index in [9.17, 15) is 4.79 Å². The van der Waals surface area contributed by atoms with Crippen LogP contribution in [0, 0.1) is 6.92 Å². The van der Waals surface area contributed by atoms with E-state index >= 15 is 0 Å². The topological polar surface area (TPSA) is 80.5 Å². The SMILES string of the molecule is CNCC(c1cccc(C)c1)n1ccc(-c2ccc3[nH]nc(-c4cnn(C)c4)c3c2)cc1=O. The molecule has 166 valence electrons. The van der Waals surface area contributed by atoms with Crippen LogP contribution in [0.2, 0.25) is 0 Å². The molecule has 0 fully saturated rings. The van der Waals surface area contributed by atoms with Gasteiger partial charge in [0.15, 0.2) is 0 Å². The van der Waals surface area contributed by atoms with Crippen LogP contribution in [0.25, 0.3) is 33.3 Å². The van der Waals surface area contributed by atoms with Crippen molar-refractivity contribution in [1.29, 1.82) is 0 Å². The molecule has 5 aromatic rings. The summed E-state index contributed by atoms with van der Waals surface area (Å²) in [7, 11) is 3.79. The van der Waals surface area contributed by atoms with Gasteiger partial charge in [0.05, 0.1) is 17.8 Å². The second-order valence-corrected chi connectivity index (χ2v) is 8.38. The zero-order chi connectivity index (χ0) is 22.9. The van der Waals surface area contributed by atoms with Gasteiger partial charge in [-0.05, 0) is 48.9 Å². The normalized spacial score (nSPS) is 12.3. The van der Waals surface area contributed by atoms with Gasteiger partial charge in [0.1, 0.15) is 5.69 Å². The Morgan fingerprint density at radius 3 is 2.64 bits per heavy atom. The Labute approximate surface area is 191 Å². The van der Waals surface area contributed by atoms with E-state index in [1.54, 1.807) is 21.5 Å². The van der Waals surface area contributed by atoms with Gasteiger partial charge in [-0.1, -0.05) is 35.9 Å². The monoisotopic (exact) mass is 438 g/mol. The molecule has 2 N–H and O–H groups in total.